The van der Waals surface area contributed by atoms with Crippen molar-refractivity contribution >= 4 is 29.0 Å². The summed E-state index contributed by atoms with van der Waals surface area (Å²) in [4.78, 5) is 32.0. The zero-order chi connectivity index (χ0) is 21.1. The third-order valence-corrected chi connectivity index (χ3v) is 4.38. The van der Waals surface area contributed by atoms with Gasteiger partial charge in [-0.05, 0) is 36.8 Å². The summed E-state index contributed by atoms with van der Waals surface area (Å²) in [5.41, 5.74) is 3.22. The van der Waals surface area contributed by atoms with Gasteiger partial charge in [0.25, 0.3) is 0 Å². The number of nitrogens with one attached hydrogen (secondary N) is 4. The van der Waals surface area contributed by atoms with Gasteiger partial charge in [0.15, 0.2) is 0 Å². The molecule has 1 aromatic carbocycles. The van der Waals surface area contributed by atoms with E-state index >= 15 is 0 Å². The molecule has 0 spiro atoms. The standard InChI is InChI=1S/C20H19FN8O/c1-3-23-20(30)29-19-27-15-8-11(12-9-25-18(22-2)26-10-12)7-13(17(15)28-19)16-14(21)5-4-6-24-16/h4-10H,3H2,1-2H3,(H,22,25,26)(H3,23,27,28,29,30). The molecule has 30 heavy (non-hydrogen) atoms. The molecule has 3 heterocycles. The van der Waals surface area contributed by atoms with E-state index < -0.39 is 11.8 Å². The largest absolute Gasteiger partial charge is 0.357 e. The fraction of sp³-hybridized carbons (Fsp3) is 0.150. The molecule has 0 aliphatic heterocycles. The quantitative estimate of drug-likeness (QED) is 0.403. The molecule has 0 aliphatic rings. The molecular weight excluding hydrogens is 387 g/mol. The van der Waals surface area contributed by atoms with Crippen LogP contribution >= 0.6 is 0 Å². The van der Waals surface area contributed by atoms with Gasteiger partial charge >= 0.3 is 6.03 Å². The van der Waals surface area contributed by atoms with Crippen LogP contribution in [0.4, 0.5) is 21.1 Å². The highest BCUT2D eigenvalue weighted by molar-refractivity contribution is 5.98. The summed E-state index contributed by atoms with van der Waals surface area (Å²) >= 11 is 0. The Bertz CT molecular complexity index is 1210. The van der Waals surface area contributed by atoms with Crippen molar-refractivity contribution in [2.24, 2.45) is 0 Å². The second-order valence-electron chi connectivity index (χ2n) is 6.37. The molecular formula is C20H19FN8O. The normalized spacial score (nSPS) is 10.8. The number of imidazole rings is 1. The van der Waals surface area contributed by atoms with Crippen molar-refractivity contribution in [2.75, 3.05) is 24.2 Å². The Labute approximate surface area is 171 Å². The number of urea groups is 1. The number of carbonyl (C=O) groups is 1. The molecule has 0 bridgehead atoms. The molecule has 0 fully saturated rings. The zero-order valence-electron chi connectivity index (χ0n) is 16.3. The van der Waals surface area contributed by atoms with Crippen molar-refractivity contribution in [2.45, 2.75) is 6.92 Å². The molecule has 0 aliphatic carbocycles. The molecule has 4 aromatic rings. The first-order chi connectivity index (χ1) is 14.6. The molecule has 4 N–H and O–H groups in total. The van der Waals surface area contributed by atoms with Crippen LogP contribution in [-0.4, -0.2) is 44.5 Å². The van der Waals surface area contributed by atoms with Gasteiger partial charge in [-0.25, -0.2) is 24.1 Å². The van der Waals surface area contributed by atoms with Gasteiger partial charge in [0, 0.05) is 43.3 Å². The molecule has 3 aromatic heterocycles. The molecule has 0 saturated carbocycles. The number of halogens is 1. The second-order valence-corrected chi connectivity index (χ2v) is 6.37. The second kappa shape index (κ2) is 8.11. The lowest BCUT2D eigenvalue weighted by molar-refractivity contribution is 0.252. The SMILES string of the molecule is CCNC(=O)Nc1nc2c(-c3ncccc3F)cc(-c3cnc(NC)nc3)cc2[nH]1. The summed E-state index contributed by atoms with van der Waals surface area (Å²) in [7, 11) is 1.73. The highest BCUT2D eigenvalue weighted by Gasteiger charge is 2.17. The molecule has 0 unspecified atom stereocenters. The number of benzene rings is 1. The van der Waals surface area contributed by atoms with Crippen LogP contribution in [0.3, 0.4) is 0 Å². The van der Waals surface area contributed by atoms with Gasteiger partial charge in [-0.15, -0.1) is 0 Å². The van der Waals surface area contributed by atoms with Crippen LogP contribution in [0, 0.1) is 5.82 Å². The summed E-state index contributed by atoms with van der Waals surface area (Å²) in [5.74, 6) is 0.261. The third-order valence-electron chi connectivity index (χ3n) is 4.38. The van der Waals surface area contributed by atoms with Gasteiger partial charge in [0.1, 0.15) is 17.0 Å². The average molecular weight is 406 g/mol. The van der Waals surface area contributed by atoms with Crippen molar-refractivity contribution in [3.05, 3.63) is 48.7 Å². The van der Waals surface area contributed by atoms with Crippen LogP contribution in [-0.2, 0) is 0 Å². The van der Waals surface area contributed by atoms with Gasteiger partial charge in [0.05, 0.1) is 5.52 Å². The number of pyridine rings is 1. The number of anilines is 2. The van der Waals surface area contributed by atoms with E-state index in [4.69, 9.17) is 0 Å². The number of aromatic amines is 1. The number of amides is 2. The van der Waals surface area contributed by atoms with Crippen molar-refractivity contribution < 1.29 is 9.18 Å². The number of carbonyl (C=O) groups excluding carboxylic acids is 1. The lowest BCUT2D eigenvalue weighted by Gasteiger charge is -2.08. The van der Waals surface area contributed by atoms with Gasteiger partial charge in [-0.3, -0.25) is 10.3 Å². The number of hydrogen-bond acceptors (Lipinski definition) is 6. The van der Waals surface area contributed by atoms with Crippen LogP contribution in [0.15, 0.2) is 42.9 Å². The Balaban J connectivity index is 1.87. The number of fused-ring (bicyclic) bond motifs is 1. The Morgan fingerprint density at radius 1 is 1.17 bits per heavy atom. The molecule has 2 amide bonds. The fourth-order valence-electron chi connectivity index (χ4n) is 3.03. The minimum Gasteiger partial charge on any atom is -0.357 e. The summed E-state index contributed by atoms with van der Waals surface area (Å²) < 4.78 is 14.5. The molecule has 9 nitrogen and oxygen atoms in total. The molecule has 0 atom stereocenters. The van der Waals surface area contributed by atoms with E-state index in [2.05, 4.69) is 40.9 Å². The minimum atomic E-state index is -0.473. The van der Waals surface area contributed by atoms with Crippen LogP contribution in [0.5, 0.6) is 0 Å². The van der Waals surface area contributed by atoms with E-state index in [-0.39, 0.29) is 11.6 Å². The monoisotopic (exact) mass is 406 g/mol. The lowest BCUT2D eigenvalue weighted by Crippen LogP contribution is -2.28. The summed E-state index contributed by atoms with van der Waals surface area (Å²) in [5, 5.41) is 8.14. The van der Waals surface area contributed by atoms with Crippen LogP contribution < -0.4 is 16.0 Å². The molecule has 0 radical (unpaired) electrons. The Kier molecular flexibility index (Phi) is 5.21. The number of hydrogen-bond donors (Lipinski definition) is 4. The predicted octanol–water partition coefficient (Wildman–Crippen LogP) is 3.40. The van der Waals surface area contributed by atoms with E-state index in [1.165, 1.54) is 18.3 Å². The average Bonchev–Trinajstić information content (AvgIpc) is 3.16. The van der Waals surface area contributed by atoms with E-state index in [0.717, 1.165) is 11.1 Å². The number of rotatable bonds is 5. The smallest absolute Gasteiger partial charge is 0.321 e. The first kappa shape index (κ1) is 19.2. The predicted molar refractivity (Wildman–Crippen MR) is 113 cm³/mol. The van der Waals surface area contributed by atoms with Gasteiger partial charge in [-0.2, -0.15) is 0 Å². The molecule has 152 valence electrons. The maximum absolute atomic E-state index is 14.5. The Hall–Kier alpha value is -4.08. The zero-order valence-corrected chi connectivity index (χ0v) is 16.3. The molecule has 0 saturated heterocycles. The molecule has 4 rings (SSSR count). The molecule has 10 heteroatoms. The number of aromatic nitrogens is 5. The lowest BCUT2D eigenvalue weighted by atomic mass is 10.0. The summed E-state index contributed by atoms with van der Waals surface area (Å²) in [6.45, 7) is 2.29. The number of nitrogens with zero attached hydrogens (tertiary/aromatic N) is 4. The topological polar surface area (TPSA) is 121 Å². The number of H-pyrrole nitrogens is 1. The first-order valence-electron chi connectivity index (χ1n) is 9.28. The Morgan fingerprint density at radius 3 is 2.67 bits per heavy atom. The van der Waals surface area contributed by atoms with Crippen molar-refractivity contribution in [1.29, 1.82) is 0 Å². The Morgan fingerprint density at radius 2 is 1.97 bits per heavy atom. The van der Waals surface area contributed by atoms with E-state index in [1.54, 1.807) is 25.5 Å². The van der Waals surface area contributed by atoms with Crippen molar-refractivity contribution in [3.8, 4) is 22.4 Å². The highest BCUT2D eigenvalue weighted by atomic mass is 19.1. The first-order valence-corrected chi connectivity index (χ1v) is 9.28. The van der Waals surface area contributed by atoms with E-state index in [0.29, 0.717) is 29.1 Å². The summed E-state index contributed by atoms with van der Waals surface area (Å²) in [6, 6.07) is 6.09. The van der Waals surface area contributed by atoms with Gasteiger partial charge in [-0.1, -0.05) is 0 Å². The third kappa shape index (κ3) is 3.75. The van der Waals surface area contributed by atoms with Gasteiger partial charge < -0.3 is 15.6 Å². The maximum Gasteiger partial charge on any atom is 0.321 e. The van der Waals surface area contributed by atoms with Gasteiger partial charge in [0.2, 0.25) is 11.9 Å². The van der Waals surface area contributed by atoms with Crippen LogP contribution in [0.25, 0.3) is 33.4 Å². The van der Waals surface area contributed by atoms with Crippen molar-refractivity contribution in [3.63, 3.8) is 0 Å². The van der Waals surface area contributed by atoms with Crippen LogP contribution in [0.2, 0.25) is 0 Å². The highest BCUT2D eigenvalue weighted by Crippen LogP contribution is 2.33. The van der Waals surface area contributed by atoms with Crippen LogP contribution in [0.1, 0.15) is 6.92 Å². The minimum absolute atomic E-state index is 0.160. The maximum atomic E-state index is 14.5. The fourth-order valence-corrected chi connectivity index (χ4v) is 3.03. The van der Waals surface area contributed by atoms with Crippen molar-refractivity contribution in [1.82, 2.24) is 30.2 Å². The van der Waals surface area contributed by atoms with E-state index in [1.807, 2.05) is 13.0 Å². The van der Waals surface area contributed by atoms with E-state index in [9.17, 15) is 9.18 Å². The summed E-state index contributed by atoms with van der Waals surface area (Å²) in [6.07, 6.45) is 4.85.